The van der Waals surface area contributed by atoms with Gasteiger partial charge in [-0.2, -0.15) is 0 Å². The minimum atomic E-state index is 0.106. The van der Waals surface area contributed by atoms with Gasteiger partial charge in [-0.25, -0.2) is 0 Å². The summed E-state index contributed by atoms with van der Waals surface area (Å²) in [5.41, 5.74) is 3.08. The molecule has 102 valence electrons. The van der Waals surface area contributed by atoms with Crippen molar-refractivity contribution >= 4 is 0 Å². The van der Waals surface area contributed by atoms with Gasteiger partial charge in [-0.15, -0.1) is 0 Å². The highest BCUT2D eigenvalue weighted by Crippen LogP contribution is 2.34. The topological polar surface area (TPSA) is 43.6 Å². The van der Waals surface area contributed by atoms with Gasteiger partial charge in [0.15, 0.2) is 0 Å². The number of hydrogen-bond acceptors (Lipinski definition) is 3. The summed E-state index contributed by atoms with van der Waals surface area (Å²) >= 11 is 0. The summed E-state index contributed by atoms with van der Waals surface area (Å²) in [5, 5.41) is 9.18. The molecule has 0 radical (unpaired) electrons. The standard InChI is InChI=1S/C15H19NO3/c1-11-4-6-14(16(11)8-9-17)13-10-12(18-2)5-7-15(13)19-3/h4-7,10,17H,8-9H2,1-3H3. The van der Waals surface area contributed by atoms with Gasteiger partial charge >= 0.3 is 0 Å². The maximum Gasteiger partial charge on any atom is 0.128 e. The van der Waals surface area contributed by atoms with Crippen LogP contribution in [0.2, 0.25) is 0 Å². The molecule has 4 heteroatoms. The Morgan fingerprint density at radius 3 is 2.53 bits per heavy atom. The zero-order valence-electron chi connectivity index (χ0n) is 11.5. The molecule has 0 saturated carbocycles. The van der Waals surface area contributed by atoms with E-state index in [2.05, 4.69) is 4.57 Å². The van der Waals surface area contributed by atoms with Crippen molar-refractivity contribution in [3.63, 3.8) is 0 Å². The van der Waals surface area contributed by atoms with Crippen molar-refractivity contribution in [2.24, 2.45) is 0 Å². The molecule has 0 bridgehead atoms. The van der Waals surface area contributed by atoms with E-state index in [-0.39, 0.29) is 6.61 Å². The summed E-state index contributed by atoms with van der Waals surface area (Å²) in [4.78, 5) is 0. The van der Waals surface area contributed by atoms with Gasteiger partial charge in [-0.3, -0.25) is 0 Å². The number of hydrogen-bond donors (Lipinski definition) is 1. The lowest BCUT2D eigenvalue weighted by Crippen LogP contribution is -2.06. The molecule has 0 aliphatic rings. The molecule has 19 heavy (non-hydrogen) atoms. The molecule has 2 rings (SSSR count). The van der Waals surface area contributed by atoms with Gasteiger partial charge in [0.1, 0.15) is 11.5 Å². The van der Waals surface area contributed by atoms with Crippen molar-refractivity contribution in [2.45, 2.75) is 13.5 Å². The third-order valence-electron chi connectivity index (χ3n) is 3.21. The Hall–Kier alpha value is -1.94. The van der Waals surface area contributed by atoms with E-state index in [9.17, 15) is 5.11 Å². The zero-order chi connectivity index (χ0) is 13.8. The van der Waals surface area contributed by atoms with E-state index in [1.807, 2.05) is 37.3 Å². The highest BCUT2D eigenvalue weighted by molar-refractivity contribution is 5.70. The van der Waals surface area contributed by atoms with Crippen LogP contribution < -0.4 is 9.47 Å². The highest BCUT2D eigenvalue weighted by Gasteiger charge is 2.13. The number of aryl methyl sites for hydroxylation is 1. The summed E-state index contributed by atoms with van der Waals surface area (Å²) < 4.78 is 12.7. The second-order valence-corrected chi connectivity index (χ2v) is 4.30. The van der Waals surface area contributed by atoms with Gasteiger partial charge in [0.25, 0.3) is 0 Å². The molecule has 0 amide bonds. The molecule has 1 N–H and O–H groups in total. The van der Waals surface area contributed by atoms with Crippen LogP contribution in [0.3, 0.4) is 0 Å². The normalized spacial score (nSPS) is 10.5. The lowest BCUT2D eigenvalue weighted by atomic mass is 10.1. The summed E-state index contributed by atoms with van der Waals surface area (Å²) in [6, 6.07) is 9.77. The van der Waals surface area contributed by atoms with Gasteiger partial charge in [0.2, 0.25) is 0 Å². The van der Waals surface area contributed by atoms with Crippen LogP contribution in [0.25, 0.3) is 11.3 Å². The fraction of sp³-hybridized carbons (Fsp3) is 0.333. The lowest BCUT2D eigenvalue weighted by molar-refractivity contribution is 0.276. The smallest absolute Gasteiger partial charge is 0.128 e. The van der Waals surface area contributed by atoms with E-state index >= 15 is 0 Å². The molecule has 1 aromatic heterocycles. The van der Waals surface area contributed by atoms with Crippen LogP contribution in [0.4, 0.5) is 0 Å². The second-order valence-electron chi connectivity index (χ2n) is 4.30. The quantitative estimate of drug-likeness (QED) is 0.899. The number of aliphatic hydroxyl groups is 1. The van der Waals surface area contributed by atoms with Gasteiger partial charge in [0.05, 0.1) is 26.5 Å². The van der Waals surface area contributed by atoms with Crippen LogP contribution in [0.15, 0.2) is 30.3 Å². The Labute approximate surface area is 113 Å². The molecular weight excluding hydrogens is 242 g/mol. The van der Waals surface area contributed by atoms with Crippen molar-refractivity contribution in [1.29, 1.82) is 0 Å². The van der Waals surface area contributed by atoms with Gasteiger partial charge < -0.3 is 19.1 Å². The van der Waals surface area contributed by atoms with E-state index in [0.717, 1.165) is 28.5 Å². The molecule has 0 fully saturated rings. The van der Waals surface area contributed by atoms with Gasteiger partial charge in [0, 0.05) is 17.8 Å². The summed E-state index contributed by atoms with van der Waals surface area (Å²) in [7, 11) is 3.29. The molecule has 0 unspecified atom stereocenters. The summed E-state index contributed by atoms with van der Waals surface area (Å²) in [6.07, 6.45) is 0. The third-order valence-corrected chi connectivity index (χ3v) is 3.21. The Balaban J connectivity index is 2.56. The minimum absolute atomic E-state index is 0.106. The van der Waals surface area contributed by atoms with Crippen LogP contribution in [-0.2, 0) is 6.54 Å². The number of rotatable bonds is 5. The molecule has 0 aliphatic heterocycles. The predicted octanol–water partition coefficient (Wildman–Crippen LogP) is 2.47. The monoisotopic (exact) mass is 261 g/mol. The minimum Gasteiger partial charge on any atom is -0.497 e. The van der Waals surface area contributed by atoms with Gasteiger partial charge in [-0.05, 0) is 37.3 Å². The first kappa shape index (κ1) is 13.5. The number of benzene rings is 1. The van der Waals surface area contributed by atoms with Crippen LogP contribution in [0, 0.1) is 6.92 Å². The molecule has 0 spiro atoms. The summed E-state index contributed by atoms with van der Waals surface area (Å²) in [5.74, 6) is 1.57. The number of aliphatic hydroxyl groups excluding tert-OH is 1. The van der Waals surface area contributed by atoms with E-state index < -0.39 is 0 Å². The Bertz CT molecular complexity index is 561. The average molecular weight is 261 g/mol. The molecular formula is C15H19NO3. The fourth-order valence-corrected chi connectivity index (χ4v) is 2.22. The van der Waals surface area contributed by atoms with Crippen molar-refractivity contribution in [2.75, 3.05) is 20.8 Å². The van der Waals surface area contributed by atoms with Crippen LogP contribution in [-0.4, -0.2) is 30.5 Å². The van der Waals surface area contributed by atoms with E-state index in [0.29, 0.717) is 6.54 Å². The average Bonchev–Trinajstić information content (AvgIpc) is 2.80. The van der Waals surface area contributed by atoms with Crippen molar-refractivity contribution in [3.8, 4) is 22.8 Å². The molecule has 4 nitrogen and oxygen atoms in total. The molecule has 2 aromatic rings. The first-order valence-electron chi connectivity index (χ1n) is 6.20. The molecule has 0 atom stereocenters. The largest absolute Gasteiger partial charge is 0.497 e. The number of nitrogens with zero attached hydrogens (tertiary/aromatic N) is 1. The number of methoxy groups -OCH3 is 2. The van der Waals surface area contributed by atoms with Crippen LogP contribution in [0.1, 0.15) is 5.69 Å². The summed E-state index contributed by atoms with van der Waals surface area (Å²) in [6.45, 7) is 2.69. The zero-order valence-corrected chi connectivity index (χ0v) is 11.5. The van der Waals surface area contributed by atoms with Crippen LogP contribution in [0.5, 0.6) is 11.5 Å². The maximum absolute atomic E-state index is 9.18. The number of ether oxygens (including phenoxy) is 2. The predicted molar refractivity (Wildman–Crippen MR) is 74.8 cm³/mol. The van der Waals surface area contributed by atoms with Crippen LogP contribution >= 0.6 is 0 Å². The van der Waals surface area contributed by atoms with E-state index in [1.54, 1.807) is 14.2 Å². The van der Waals surface area contributed by atoms with Gasteiger partial charge in [-0.1, -0.05) is 0 Å². The fourth-order valence-electron chi connectivity index (χ4n) is 2.22. The van der Waals surface area contributed by atoms with E-state index in [4.69, 9.17) is 9.47 Å². The first-order valence-corrected chi connectivity index (χ1v) is 6.20. The lowest BCUT2D eigenvalue weighted by Gasteiger charge is -2.14. The number of aromatic nitrogens is 1. The first-order chi connectivity index (χ1) is 9.21. The van der Waals surface area contributed by atoms with Crippen molar-refractivity contribution < 1.29 is 14.6 Å². The second kappa shape index (κ2) is 5.80. The van der Waals surface area contributed by atoms with Crippen molar-refractivity contribution in [1.82, 2.24) is 4.57 Å². The molecule has 1 heterocycles. The SMILES string of the molecule is COc1ccc(OC)c(-c2ccc(C)n2CCO)c1. The molecule has 1 aromatic carbocycles. The molecule has 0 aliphatic carbocycles. The highest BCUT2D eigenvalue weighted by atomic mass is 16.5. The van der Waals surface area contributed by atoms with E-state index in [1.165, 1.54) is 0 Å². The Morgan fingerprint density at radius 1 is 1.11 bits per heavy atom. The maximum atomic E-state index is 9.18. The van der Waals surface area contributed by atoms with Crippen molar-refractivity contribution in [3.05, 3.63) is 36.0 Å². The third kappa shape index (κ3) is 2.58. The molecule has 0 saturated heterocycles. The Morgan fingerprint density at radius 2 is 1.89 bits per heavy atom. The Kier molecular flexibility index (Phi) is 4.12.